The number of benzene rings is 1. The molecule has 1 aromatic heterocycles. The molecule has 0 aliphatic rings. The van der Waals surface area contributed by atoms with E-state index in [1.54, 1.807) is 12.4 Å². The van der Waals surface area contributed by atoms with Gasteiger partial charge in [0.25, 0.3) is 0 Å². The van der Waals surface area contributed by atoms with Gasteiger partial charge in [0.2, 0.25) is 0 Å². The molecular weight excluding hydrogens is 174 g/mol. The Labute approximate surface area is 81.9 Å². The predicted octanol–water partition coefficient (Wildman–Crippen LogP) is 2.69. The zero-order valence-corrected chi connectivity index (χ0v) is 7.38. The summed E-state index contributed by atoms with van der Waals surface area (Å²) >= 11 is 0. The molecule has 0 atom stereocenters. The Kier molecular flexibility index (Phi) is 2.20. The molecule has 0 spiro atoms. The van der Waals surface area contributed by atoms with E-state index < -0.39 is 0 Å². The first kappa shape index (κ1) is 8.39. The summed E-state index contributed by atoms with van der Waals surface area (Å²) in [5.74, 6) is 0.185. The lowest BCUT2D eigenvalue weighted by Crippen LogP contribution is -1.82. The van der Waals surface area contributed by atoms with Crippen molar-refractivity contribution >= 4 is 5.95 Å². The zero-order valence-electron chi connectivity index (χ0n) is 7.38. The maximum absolute atomic E-state index is 6.72. The van der Waals surface area contributed by atoms with E-state index in [1.165, 1.54) is 0 Å². The highest BCUT2D eigenvalue weighted by atomic mass is 15.0. The summed E-state index contributed by atoms with van der Waals surface area (Å²) in [6.07, 6.45) is 3.32. The summed E-state index contributed by atoms with van der Waals surface area (Å²) in [6, 6.07) is 9.83. The summed E-state index contributed by atoms with van der Waals surface area (Å²) in [5, 5.41) is 0. The summed E-state index contributed by atoms with van der Waals surface area (Å²) in [4.78, 5) is 10.9. The molecule has 0 unspecified atom stereocenters. The van der Waals surface area contributed by atoms with Gasteiger partial charge < -0.3 is 4.85 Å². The van der Waals surface area contributed by atoms with Crippen LogP contribution in [0.3, 0.4) is 0 Å². The van der Waals surface area contributed by atoms with Crippen LogP contribution in [0.1, 0.15) is 0 Å². The minimum Gasteiger partial charge on any atom is -0.394 e. The first-order valence-electron chi connectivity index (χ1n) is 4.15. The maximum atomic E-state index is 6.72. The van der Waals surface area contributed by atoms with Gasteiger partial charge in [-0.2, -0.15) is 9.97 Å². The Hall–Kier alpha value is -2.21. The summed E-state index contributed by atoms with van der Waals surface area (Å²) in [6.45, 7) is 6.72. The highest BCUT2D eigenvalue weighted by Gasteiger charge is 2.00. The molecule has 0 saturated carbocycles. The Bertz CT molecular complexity index is 454. The number of nitrogens with zero attached hydrogens (tertiary/aromatic N) is 3. The van der Waals surface area contributed by atoms with E-state index in [2.05, 4.69) is 14.8 Å². The van der Waals surface area contributed by atoms with Crippen molar-refractivity contribution in [1.29, 1.82) is 0 Å². The van der Waals surface area contributed by atoms with Crippen LogP contribution in [0, 0.1) is 6.57 Å². The van der Waals surface area contributed by atoms with E-state index in [0.29, 0.717) is 0 Å². The third-order valence-corrected chi connectivity index (χ3v) is 1.85. The summed E-state index contributed by atoms with van der Waals surface area (Å²) in [7, 11) is 0. The topological polar surface area (TPSA) is 30.1 Å². The lowest BCUT2D eigenvalue weighted by Gasteiger charge is -1.96. The number of hydrogen-bond acceptors (Lipinski definition) is 2. The third kappa shape index (κ3) is 1.59. The fourth-order valence-corrected chi connectivity index (χ4v) is 1.16. The van der Waals surface area contributed by atoms with Gasteiger partial charge >= 0.3 is 5.95 Å². The molecule has 14 heavy (non-hydrogen) atoms. The molecule has 1 heterocycles. The van der Waals surface area contributed by atoms with Crippen molar-refractivity contribution in [3.63, 3.8) is 0 Å². The maximum Gasteiger partial charge on any atom is 0.371 e. The van der Waals surface area contributed by atoms with Crippen molar-refractivity contribution in [1.82, 2.24) is 9.97 Å². The summed E-state index contributed by atoms with van der Waals surface area (Å²) in [5.41, 5.74) is 1.99. The molecule has 66 valence electrons. The second-order valence-electron chi connectivity index (χ2n) is 2.75. The monoisotopic (exact) mass is 181 g/mol. The number of hydrogen-bond donors (Lipinski definition) is 0. The lowest BCUT2D eigenvalue weighted by molar-refractivity contribution is 1.20. The molecule has 0 bridgehead atoms. The molecule has 0 aliphatic carbocycles. The van der Waals surface area contributed by atoms with Crippen LogP contribution in [0.2, 0.25) is 0 Å². The minimum absolute atomic E-state index is 0.185. The fraction of sp³-hybridized carbons (Fsp3) is 0. The van der Waals surface area contributed by atoms with Crippen LogP contribution >= 0.6 is 0 Å². The molecule has 0 fully saturated rings. The first-order valence-corrected chi connectivity index (χ1v) is 4.15. The van der Waals surface area contributed by atoms with Gasteiger partial charge in [-0.25, -0.2) is 0 Å². The van der Waals surface area contributed by atoms with Gasteiger partial charge in [0.1, 0.15) is 0 Å². The average molecular weight is 181 g/mol. The van der Waals surface area contributed by atoms with Crippen molar-refractivity contribution in [2.45, 2.75) is 0 Å². The van der Waals surface area contributed by atoms with Crippen LogP contribution < -0.4 is 0 Å². The molecular formula is C11H7N3. The molecule has 0 saturated heterocycles. The highest BCUT2D eigenvalue weighted by molar-refractivity contribution is 5.61. The van der Waals surface area contributed by atoms with Crippen LogP contribution in [0.4, 0.5) is 5.95 Å². The van der Waals surface area contributed by atoms with E-state index in [-0.39, 0.29) is 5.95 Å². The Morgan fingerprint density at radius 1 is 0.929 bits per heavy atom. The van der Waals surface area contributed by atoms with E-state index in [0.717, 1.165) is 11.1 Å². The van der Waals surface area contributed by atoms with Crippen LogP contribution in [0.25, 0.3) is 16.0 Å². The van der Waals surface area contributed by atoms with Gasteiger partial charge in [0, 0.05) is 5.56 Å². The quantitative estimate of drug-likeness (QED) is 0.633. The van der Waals surface area contributed by atoms with Crippen molar-refractivity contribution in [3.8, 4) is 11.1 Å². The van der Waals surface area contributed by atoms with Crippen molar-refractivity contribution in [3.05, 3.63) is 54.1 Å². The predicted molar refractivity (Wildman–Crippen MR) is 53.7 cm³/mol. The van der Waals surface area contributed by atoms with Crippen LogP contribution in [-0.2, 0) is 0 Å². The molecule has 2 aromatic rings. The molecule has 0 radical (unpaired) electrons. The Morgan fingerprint density at radius 3 is 2.14 bits per heavy atom. The highest BCUT2D eigenvalue weighted by Crippen LogP contribution is 2.17. The normalized spacial score (nSPS) is 9.36. The molecule has 0 aliphatic heterocycles. The zero-order chi connectivity index (χ0) is 9.80. The van der Waals surface area contributed by atoms with Gasteiger partial charge in [-0.15, -0.1) is 6.57 Å². The smallest absolute Gasteiger partial charge is 0.371 e. The fourth-order valence-electron chi connectivity index (χ4n) is 1.16. The minimum atomic E-state index is 0.185. The van der Waals surface area contributed by atoms with Gasteiger partial charge in [0.05, 0.1) is 12.4 Å². The second kappa shape index (κ2) is 3.67. The van der Waals surface area contributed by atoms with Crippen molar-refractivity contribution < 1.29 is 0 Å². The molecule has 3 nitrogen and oxygen atoms in total. The van der Waals surface area contributed by atoms with Gasteiger partial charge in [-0.1, -0.05) is 30.3 Å². The van der Waals surface area contributed by atoms with E-state index >= 15 is 0 Å². The van der Waals surface area contributed by atoms with Gasteiger partial charge in [0.15, 0.2) is 0 Å². The number of rotatable bonds is 1. The Balaban J connectivity index is 2.40. The summed E-state index contributed by atoms with van der Waals surface area (Å²) < 4.78 is 0. The Morgan fingerprint density at radius 2 is 1.57 bits per heavy atom. The molecule has 3 heteroatoms. The molecule has 0 N–H and O–H groups in total. The SMILES string of the molecule is [C-]#[N+]c1ncc(-c2ccccc2)cn1. The van der Waals surface area contributed by atoms with Crippen molar-refractivity contribution in [2.75, 3.05) is 0 Å². The van der Waals surface area contributed by atoms with Gasteiger partial charge in [-0.3, -0.25) is 0 Å². The van der Waals surface area contributed by atoms with Crippen LogP contribution in [-0.4, -0.2) is 9.97 Å². The second-order valence-corrected chi connectivity index (χ2v) is 2.75. The largest absolute Gasteiger partial charge is 0.394 e. The number of aromatic nitrogens is 2. The molecule has 2 rings (SSSR count). The lowest BCUT2D eigenvalue weighted by atomic mass is 10.1. The van der Waals surface area contributed by atoms with Crippen molar-refractivity contribution in [2.24, 2.45) is 0 Å². The van der Waals surface area contributed by atoms with Crippen LogP contribution in [0.15, 0.2) is 42.7 Å². The van der Waals surface area contributed by atoms with E-state index in [4.69, 9.17) is 6.57 Å². The standard InChI is InChI=1S/C11H7N3/c1-12-11-13-7-10(8-14-11)9-5-3-2-4-6-9/h2-8H. The average Bonchev–Trinajstić information content (AvgIpc) is 2.30. The van der Waals surface area contributed by atoms with E-state index in [9.17, 15) is 0 Å². The molecule has 0 amide bonds. The first-order chi connectivity index (χ1) is 6.90. The van der Waals surface area contributed by atoms with E-state index in [1.807, 2.05) is 30.3 Å². The molecule has 1 aromatic carbocycles. The van der Waals surface area contributed by atoms with Gasteiger partial charge in [-0.05, 0) is 5.56 Å². The third-order valence-electron chi connectivity index (χ3n) is 1.85. The van der Waals surface area contributed by atoms with Crippen LogP contribution in [0.5, 0.6) is 0 Å².